The fraction of sp³-hybridized carbons (Fsp3) is 0.421. The number of carbonyl (C=O) groups is 3. The van der Waals surface area contributed by atoms with E-state index in [2.05, 4.69) is 13.2 Å². The Hall–Kier alpha value is -2.63. The van der Waals surface area contributed by atoms with Gasteiger partial charge in [0, 0.05) is 29.6 Å². The third-order valence-corrected chi connectivity index (χ3v) is 4.57. The summed E-state index contributed by atoms with van der Waals surface area (Å²) < 4.78 is 16.3. The van der Waals surface area contributed by atoms with Gasteiger partial charge in [-0.2, -0.15) is 0 Å². The number of fused-ring (bicyclic) bond motifs is 2. The van der Waals surface area contributed by atoms with E-state index in [0.29, 0.717) is 12.0 Å². The molecule has 1 saturated heterocycles. The number of rotatable bonds is 2. The third kappa shape index (κ3) is 3.29. The quantitative estimate of drug-likeness (QED) is 0.331. The minimum atomic E-state index is -0.771. The highest BCUT2D eigenvalue weighted by atomic mass is 16.6. The van der Waals surface area contributed by atoms with Gasteiger partial charge in [0.15, 0.2) is 0 Å². The van der Waals surface area contributed by atoms with Gasteiger partial charge in [-0.15, -0.1) is 0 Å². The molecule has 0 aromatic carbocycles. The minimum absolute atomic E-state index is 0.137. The van der Waals surface area contributed by atoms with Gasteiger partial charge in [-0.25, -0.2) is 14.4 Å². The molecule has 25 heavy (non-hydrogen) atoms. The second kappa shape index (κ2) is 6.35. The second-order valence-corrected chi connectivity index (χ2v) is 6.70. The van der Waals surface area contributed by atoms with Crippen LogP contribution in [0.4, 0.5) is 0 Å². The standard InChI is InChI=1S/C19H20O6/c1-9(2)17(20)24-15-8-12-7-13(23-19(12)22)5-10(3)6-14-16(15)11(4)18(21)25-14/h6-7,13-16H,1,4-5,8H2,2-3H3/b10-6+/t13-,14-,15+,16-/m1/s1. The molecule has 1 aliphatic carbocycles. The van der Waals surface area contributed by atoms with Crippen LogP contribution in [0.5, 0.6) is 0 Å². The van der Waals surface area contributed by atoms with Crippen molar-refractivity contribution in [3.8, 4) is 0 Å². The van der Waals surface area contributed by atoms with Crippen LogP contribution in [-0.4, -0.2) is 36.2 Å². The number of esters is 3. The van der Waals surface area contributed by atoms with Crippen LogP contribution in [0, 0.1) is 5.92 Å². The average molecular weight is 344 g/mol. The molecule has 0 N–H and O–H groups in total. The third-order valence-electron chi connectivity index (χ3n) is 4.57. The fourth-order valence-corrected chi connectivity index (χ4v) is 3.33. The fourth-order valence-electron chi connectivity index (χ4n) is 3.33. The summed E-state index contributed by atoms with van der Waals surface area (Å²) in [4.78, 5) is 36.2. The van der Waals surface area contributed by atoms with Crippen molar-refractivity contribution in [1.82, 2.24) is 0 Å². The highest BCUT2D eigenvalue weighted by molar-refractivity contribution is 5.93. The first-order valence-electron chi connectivity index (χ1n) is 8.11. The van der Waals surface area contributed by atoms with Crippen molar-refractivity contribution in [2.45, 2.75) is 45.0 Å². The first-order chi connectivity index (χ1) is 11.8. The van der Waals surface area contributed by atoms with Gasteiger partial charge in [-0.1, -0.05) is 18.7 Å². The molecule has 0 radical (unpaired) electrons. The Bertz CT molecular complexity index is 741. The lowest BCUT2D eigenvalue weighted by molar-refractivity contribution is -0.148. The van der Waals surface area contributed by atoms with Crippen molar-refractivity contribution < 1.29 is 28.6 Å². The maximum Gasteiger partial charge on any atom is 0.334 e. The number of hydrogen-bond donors (Lipinski definition) is 0. The van der Waals surface area contributed by atoms with Gasteiger partial charge in [0.1, 0.15) is 18.3 Å². The van der Waals surface area contributed by atoms with Crippen molar-refractivity contribution in [2.75, 3.05) is 0 Å². The smallest absolute Gasteiger partial charge is 0.334 e. The number of carbonyl (C=O) groups excluding carboxylic acids is 3. The average Bonchev–Trinajstić information content (AvgIpc) is 2.98. The van der Waals surface area contributed by atoms with Crippen LogP contribution in [-0.2, 0) is 28.6 Å². The molecular weight excluding hydrogens is 324 g/mol. The van der Waals surface area contributed by atoms with E-state index in [0.717, 1.165) is 5.57 Å². The predicted octanol–water partition coefficient (Wildman–Crippen LogP) is 2.16. The molecule has 2 heterocycles. The molecule has 0 aromatic heterocycles. The van der Waals surface area contributed by atoms with E-state index in [4.69, 9.17) is 14.2 Å². The van der Waals surface area contributed by atoms with Crippen LogP contribution >= 0.6 is 0 Å². The summed E-state index contributed by atoms with van der Waals surface area (Å²) in [6.07, 6.45) is 2.52. The lowest BCUT2D eigenvalue weighted by Crippen LogP contribution is -2.34. The van der Waals surface area contributed by atoms with Crippen molar-refractivity contribution in [3.63, 3.8) is 0 Å². The molecule has 0 unspecified atom stereocenters. The second-order valence-electron chi connectivity index (χ2n) is 6.70. The van der Waals surface area contributed by atoms with E-state index in [1.807, 2.05) is 13.0 Å². The molecule has 132 valence electrons. The van der Waals surface area contributed by atoms with Gasteiger partial charge in [0.05, 0.1) is 5.92 Å². The van der Waals surface area contributed by atoms with Gasteiger partial charge in [0.2, 0.25) is 0 Å². The first-order valence-corrected chi connectivity index (χ1v) is 8.11. The summed E-state index contributed by atoms with van der Waals surface area (Å²) in [5, 5.41) is 0. The number of hydrogen-bond acceptors (Lipinski definition) is 6. The van der Waals surface area contributed by atoms with Crippen LogP contribution in [0.15, 0.2) is 47.6 Å². The number of ether oxygens (including phenoxy) is 3. The summed E-state index contributed by atoms with van der Waals surface area (Å²) in [6, 6.07) is 0. The van der Waals surface area contributed by atoms with Crippen molar-refractivity contribution in [1.29, 1.82) is 0 Å². The molecule has 2 bridgehead atoms. The van der Waals surface area contributed by atoms with E-state index < -0.39 is 36.0 Å². The lowest BCUT2D eigenvalue weighted by Gasteiger charge is -2.26. The molecule has 1 fully saturated rings. The van der Waals surface area contributed by atoms with E-state index in [-0.39, 0.29) is 23.7 Å². The molecule has 6 nitrogen and oxygen atoms in total. The van der Waals surface area contributed by atoms with Gasteiger partial charge in [-0.3, -0.25) is 0 Å². The first kappa shape index (κ1) is 17.2. The van der Waals surface area contributed by atoms with Gasteiger partial charge < -0.3 is 14.2 Å². The van der Waals surface area contributed by atoms with Gasteiger partial charge in [0.25, 0.3) is 0 Å². The van der Waals surface area contributed by atoms with Crippen LogP contribution in [0.3, 0.4) is 0 Å². The zero-order valence-electron chi connectivity index (χ0n) is 14.2. The monoisotopic (exact) mass is 344 g/mol. The highest BCUT2D eigenvalue weighted by Gasteiger charge is 2.46. The van der Waals surface area contributed by atoms with E-state index in [1.54, 1.807) is 6.08 Å². The molecule has 3 rings (SSSR count). The van der Waals surface area contributed by atoms with Gasteiger partial charge in [-0.05, 0) is 26.0 Å². The van der Waals surface area contributed by atoms with Crippen LogP contribution < -0.4 is 0 Å². The van der Waals surface area contributed by atoms with E-state index >= 15 is 0 Å². The molecular formula is C19H20O6. The Labute approximate surface area is 145 Å². The van der Waals surface area contributed by atoms with E-state index in [9.17, 15) is 14.4 Å². The summed E-state index contributed by atoms with van der Waals surface area (Å²) in [5.74, 6) is -2.09. The summed E-state index contributed by atoms with van der Waals surface area (Å²) in [5.41, 5.74) is 1.82. The molecule has 2 aliphatic heterocycles. The molecule has 6 heteroatoms. The molecule has 0 saturated carbocycles. The zero-order valence-corrected chi connectivity index (χ0v) is 14.2. The summed E-state index contributed by atoms with van der Waals surface area (Å²) in [7, 11) is 0. The Morgan fingerprint density at radius 3 is 2.60 bits per heavy atom. The Morgan fingerprint density at radius 1 is 1.20 bits per heavy atom. The minimum Gasteiger partial charge on any atom is -0.458 e. The lowest BCUT2D eigenvalue weighted by atomic mass is 9.85. The normalized spacial score (nSPS) is 33.4. The molecule has 4 atom stereocenters. The topological polar surface area (TPSA) is 78.9 Å². The van der Waals surface area contributed by atoms with Crippen molar-refractivity contribution in [3.05, 3.63) is 47.6 Å². The van der Waals surface area contributed by atoms with Crippen LogP contribution in [0.25, 0.3) is 0 Å². The molecule has 0 aromatic rings. The van der Waals surface area contributed by atoms with Crippen molar-refractivity contribution in [2.24, 2.45) is 5.92 Å². The Morgan fingerprint density at radius 2 is 1.92 bits per heavy atom. The zero-order chi connectivity index (χ0) is 18.3. The molecule has 0 amide bonds. The molecule has 0 spiro atoms. The van der Waals surface area contributed by atoms with Crippen molar-refractivity contribution >= 4 is 17.9 Å². The van der Waals surface area contributed by atoms with Crippen LogP contribution in [0.1, 0.15) is 26.7 Å². The maximum absolute atomic E-state index is 12.1. The van der Waals surface area contributed by atoms with Crippen LogP contribution in [0.2, 0.25) is 0 Å². The Balaban J connectivity index is 2.01. The Kier molecular flexibility index (Phi) is 4.37. The maximum atomic E-state index is 12.1. The largest absolute Gasteiger partial charge is 0.458 e. The van der Waals surface area contributed by atoms with Gasteiger partial charge >= 0.3 is 17.9 Å². The predicted molar refractivity (Wildman–Crippen MR) is 88.2 cm³/mol. The SMILES string of the molecule is C=C(C)C(=O)O[C@H]1CC2=C[C@@H](C/C(C)=C/[C@H]3OC(=O)C(=C)[C@@H]13)OC2=O. The summed E-state index contributed by atoms with van der Waals surface area (Å²) >= 11 is 0. The highest BCUT2D eigenvalue weighted by Crippen LogP contribution is 2.38. The summed E-state index contributed by atoms with van der Waals surface area (Å²) in [6.45, 7) is 10.8. The molecule has 3 aliphatic rings. The van der Waals surface area contributed by atoms with E-state index in [1.165, 1.54) is 6.92 Å².